The number of nitrogens with two attached hydrogens (primary N) is 2. The van der Waals surface area contributed by atoms with E-state index in [0.29, 0.717) is 16.6 Å². The molecule has 0 radical (unpaired) electrons. The summed E-state index contributed by atoms with van der Waals surface area (Å²) in [7, 11) is 0. The number of fused-ring (bicyclic) bond motifs is 3. The van der Waals surface area contributed by atoms with E-state index < -0.39 is 0 Å². The van der Waals surface area contributed by atoms with Crippen molar-refractivity contribution in [2.45, 2.75) is 0 Å². The van der Waals surface area contributed by atoms with Crippen LogP contribution in [0.15, 0.2) is 36.5 Å². The van der Waals surface area contributed by atoms with Gasteiger partial charge in [0.2, 0.25) is 0 Å². The van der Waals surface area contributed by atoms with Crippen molar-refractivity contribution < 1.29 is 5.11 Å². The molecule has 84 valence electrons. The molecular weight excluding hydrogens is 214 g/mol. The van der Waals surface area contributed by atoms with Crippen LogP contribution in [-0.2, 0) is 0 Å². The van der Waals surface area contributed by atoms with Crippen molar-refractivity contribution in [3.8, 4) is 5.75 Å². The minimum Gasteiger partial charge on any atom is -0.505 e. The fourth-order valence-electron chi connectivity index (χ4n) is 2.03. The molecule has 0 aliphatic heterocycles. The molecule has 1 heterocycles. The molecule has 0 spiro atoms. The zero-order valence-corrected chi connectivity index (χ0v) is 9.01. The van der Waals surface area contributed by atoms with Gasteiger partial charge in [0.25, 0.3) is 0 Å². The summed E-state index contributed by atoms with van der Waals surface area (Å²) < 4.78 is 0. The van der Waals surface area contributed by atoms with Gasteiger partial charge >= 0.3 is 0 Å². The van der Waals surface area contributed by atoms with Gasteiger partial charge in [0.15, 0.2) is 5.75 Å². The Bertz CT molecular complexity index is 737. The second kappa shape index (κ2) is 3.25. The van der Waals surface area contributed by atoms with Crippen LogP contribution in [0.1, 0.15) is 0 Å². The van der Waals surface area contributed by atoms with E-state index in [0.717, 1.165) is 10.8 Å². The minimum absolute atomic E-state index is 0.00398. The van der Waals surface area contributed by atoms with Crippen LogP contribution in [-0.4, -0.2) is 10.1 Å². The average molecular weight is 225 g/mol. The molecule has 4 nitrogen and oxygen atoms in total. The van der Waals surface area contributed by atoms with Crippen LogP contribution in [0, 0.1) is 0 Å². The highest BCUT2D eigenvalue weighted by Crippen LogP contribution is 2.38. The van der Waals surface area contributed by atoms with Gasteiger partial charge in [-0.1, -0.05) is 24.3 Å². The third kappa shape index (κ3) is 1.27. The molecule has 1 aromatic heterocycles. The number of pyridine rings is 1. The highest BCUT2D eigenvalue weighted by Gasteiger charge is 2.11. The number of anilines is 2. The summed E-state index contributed by atoms with van der Waals surface area (Å²) in [6, 6.07) is 9.38. The van der Waals surface area contributed by atoms with Gasteiger partial charge in [-0.05, 0) is 11.5 Å². The molecular formula is C13H11N3O. The maximum Gasteiger partial charge on any atom is 0.150 e. The predicted octanol–water partition coefficient (Wildman–Crippen LogP) is 2.26. The zero-order valence-electron chi connectivity index (χ0n) is 9.01. The SMILES string of the molecule is Nc1cc2ncc3ccccc3c2c(O)c1N. The highest BCUT2D eigenvalue weighted by molar-refractivity contribution is 6.11. The van der Waals surface area contributed by atoms with E-state index in [2.05, 4.69) is 4.98 Å². The number of benzene rings is 2. The second-order valence-corrected chi connectivity index (χ2v) is 3.97. The van der Waals surface area contributed by atoms with E-state index in [1.54, 1.807) is 12.3 Å². The van der Waals surface area contributed by atoms with E-state index >= 15 is 0 Å². The lowest BCUT2D eigenvalue weighted by atomic mass is 10.0. The van der Waals surface area contributed by atoms with E-state index in [4.69, 9.17) is 11.5 Å². The molecule has 0 saturated carbocycles. The second-order valence-electron chi connectivity index (χ2n) is 3.97. The first kappa shape index (κ1) is 9.72. The lowest BCUT2D eigenvalue weighted by Gasteiger charge is -2.09. The average Bonchev–Trinajstić information content (AvgIpc) is 2.35. The number of hydrogen-bond acceptors (Lipinski definition) is 4. The van der Waals surface area contributed by atoms with E-state index in [-0.39, 0.29) is 11.4 Å². The summed E-state index contributed by atoms with van der Waals surface area (Å²) in [4.78, 5) is 4.28. The van der Waals surface area contributed by atoms with E-state index in [9.17, 15) is 5.11 Å². The Kier molecular flexibility index (Phi) is 1.86. The molecule has 0 aliphatic rings. The summed E-state index contributed by atoms with van der Waals surface area (Å²) in [5, 5.41) is 12.6. The lowest BCUT2D eigenvalue weighted by molar-refractivity contribution is 0.485. The molecule has 0 bridgehead atoms. The predicted molar refractivity (Wildman–Crippen MR) is 69.7 cm³/mol. The first-order valence-electron chi connectivity index (χ1n) is 5.23. The van der Waals surface area contributed by atoms with Crippen molar-refractivity contribution in [1.82, 2.24) is 4.98 Å². The Labute approximate surface area is 97.5 Å². The van der Waals surface area contributed by atoms with Crippen molar-refractivity contribution in [1.29, 1.82) is 0 Å². The fourth-order valence-corrected chi connectivity index (χ4v) is 2.03. The van der Waals surface area contributed by atoms with Gasteiger partial charge in [-0.2, -0.15) is 0 Å². The van der Waals surface area contributed by atoms with Gasteiger partial charge in [0.05, 0.1) is 22.3 Å². The van der Waals surface area contributed by atoms with Crippen molar-refractivity contribution in [3.63, 3.8) is 0 Å². The summed E-state index contributed by atoms with van der Waals surface area (Å²) >= 11 is 0. The van der Waals surface area contributed by atoms with Crippen LogP contribution in [0.3, 0.4) is 0 Å². The van der Waals surface area contributed by atoms with Crippen LogP contribution in [0.4, 0.5) is 11.4 Å². The molecule has 0 amide bonds. The minimum atomic E-state index is 0.00398. The Morgan fingerprint density at radius 3 is 2.71 bits per heavy atom. The summed E-state index contributed by atoms with van der Waals surface area (Å²) in [6.45, 7) is 0. The van der Waals surface area contributed by atoms with Gasteiger partial charge in [-0.3, -0.25) is 4.98 Å². The Hall–Kier alpha value is -2.49. The summed E-state index contributed by atoms with van der Waals surface area (Å²) in [5.74, 6) is 0.00398. The molecule has 0 fully saturated rings. The molecule has 0 atom stereocenters. The number of hydrogen-bond donors (Lipinski definition) is 3. The normalized spacial score (nSPS) is 11.1. The van der Waals surface area contributed by atoms with Crippen LogP contribution < -0.4 is 11.5 Å². The quantitative estimate of drug-likeness (QED) is 0.311. The fraction of sp³-hybridized carbons (Fsp3) is 0. The first-order valence-corrected chi connectivity index (χ1v) is 5.23. The molecule has 3 aromatic rings. The van der Waals surface area contributed by atoms with E-state index in [1.165, 1.54) is 0 Å². The van der Waals surface area contributed by atoms with Crippen LogP contribution in [0.25, 0.3) is 21.7 Å². The van der Waals surface area contributed by atoms with Crippen molar-refractivity contribution >= 4 is 33.1 Å². The molecule has 5 N–H and O–H groups in total. The smallest absolute Gasteiger partial charge is 0.150 e. The van der Waals surface area contributed by atoms with Crippen molar-refractivity contribution in [3.05, 3.63) is 36.5 Å². The summed E-state index contributed by atoms with van der Waals surface area (Å²) in [5.41, 5.74) is 12.6. The molecule has 0 aliphatic carbocycles. The number of aromatic nitrogens is 1. The van der Waals surface area contributed by atoms with Gasteiger partial charge in [0, 0.05) is 11.6 Å². The monoisotopic (exact) mass is 225 g/mol. The Morgan fingerprint density at radius 2 is 1.88 bits per heavy atom. The maximum atomic E-state index is 10.1. The number of rotatable bonds is 0. The van der Waals surface area contributed by atoms with Gasteiger partial charge in [-0.15, -0.1) is 0 Å². The first-order chi connectivity index (χ1) is 8.18. The number of nitrogen functional groups attached to an aromatic ring is 2. The zero-order chi connectivity index (χ0) is 12.0. The standard InChI is InChI=1S/C13H11N3O/c14-9-5-10-11(13(17)12(9)15)8-4-2-1-3-7(8)6-16-10/h1-6,17H,14-15H2. The number of phenolic OH excluding ortho intramolecular Hbond substituents is 1. The Balaban J connectivity index is 2.62. The van der Waals surface area contributed by atoms with Crippen molar-refractivity contribution in [2.75, 3.05) is 11.5 Å². The van der Waals surface area contributed by atoms with Crippen LogP contribution >= 0.6 is 0 Å². The largest absolute Gasteiger partial charge is 0.505 e. The van der Waals surface area contributed by atoms with Crippen LogP contribution in [0.5, 0.6) is 5.75 Å². The summed E-state index contributed by atoms with van der Waals surface area (Å²) in [6.07, 6.45) is 1.76. The molecule has 0 saturated heterocycles. The molecule has 4 heteroatoms. The number of aromatic hydroxyl groups is 1. The van der Waals surface area contributed by atoms with Gasteiger partial charge < -0.3 is 16.6 Å². The molecule has 17 heavy (non-hydrogen) atoms. The topological polar surface area (TPSA) is 85.2 Å². The lowest BCUT2D eigenvalue weighted by Crippen LogP contribution is -1.96. The van der Waals surface area contributed by atoms with Gasteiger partial charge in [-0.25, -0.2) is 0 Å². The van der Waals surface area contributed by atoms with E-state index in [1.807, 2.05) is 24.3 Å². The maximum absolute atomic E-state index is 10.1. The number of nitrogens with zero attached hydrogens (tertiary/aromatic N) is 1. The number of phenols is 1. The third-order valence-corrected chi connectivity index (χ3v) is 2.92. The highest BCUT2D eigenvalue weighted by atomic mass is 16.3. The van der Waals surface area contributed by atoms with Crippen LogP contribution in [0.2, 0.25) is 0 Å². The third-order valence-electron chi connectivity index (χ3n) is 2.92. The molecule has 0 unspecified atom stereocenters. The van der Waals surface area contributed by atoms with Gasteiger partial charge in [0.1, 0.15) is 0 Å². The molecule has 2 aromatic carbocycles. The molecule has 3 rings (SSSR count). The Morgan fingerprint density at radius 1 is 1.12 bits per heavy atom. The van der Waals surface area contributed by atoms with Crippen molar-refractivity contribution in [2.24, 2.45) is 0 Å².